The van der Waals surface area contributed by atoms with Gasteiger partial charge in [0.25, 0.3) is 0 Å². The lowest BCUT2D eigenvalue weighted by Gasteiger charge is -2.20. The summed E-state index contributed by atoms with van der Waals surface area (Å²) in [5, 5.41) is 12.8. The maximum Gasteiger partial charge on any atom is 0.122 e. The number of aliphatic hydroxyl groups excluding tert-OH is 1. The highest BCUT2D eigenvalue weighted by atomic mass is 79.9. The van der Waals surface area contributed by atoms with Crippen molar-refractivity contribution in [3.8, 4) is 5.75 Å². The van der Waals surface area contributed by atoms with Crippen LogP contribution in [0.1, 0.15) is 11.8 Å². The second-order valence-corrected chi connectivity index (χ2v) is 6.53. The number of thiophene rings is 1. The van der Waals surface area contributed by atoms with Crippen molar-refractivity contribution in [3.05, 3.63) is 50.1 Å². The van der Waals surface area contributed by atoms with Crippen molar-refractivity contribution in [2.45, 2.75) is 25.6 Å². The molecular formula is C14H14BrClO2S. The Morgan fingerprint density at radius 3 is 2.84 bits per heavy atom. The van der Waals surface area contributed by atoms with Crippen LogP contribution in [0.15, 0.2) is 40.2 Å². The van der Waals surface area contributed by atoms with Crippen molar-refractivity contribution >= 4 is 38.9 Å². The third-order valence-corrected chi connectivity index (χ3v) is 4.93. The molecule has 2 aromatic rings. The molecule has 0 radical (unpaired) electrons. The van der Waals surface area contributed by atoms with Crippen molar-refractivity contribution in [2.75, 3.05) is 0 Å². The maximum atomic E-state index is 10.2. The third kappa shape index (κ3) is 4.21. The summed E-state index contributed by atoms with van der Waals surface area (Å²) in [6, 6.07) is 9.17. The molecule has 1 N–H and O–H groups in total. The van der Waals surface area contributed by atoms with Crippen LogP contribution >= 0.6 is 38.9 Å². The lowest BCUT2D eigenvalue weighted by Crippen LogP contribution is -2.30. The number of ether oxygens (including phenoxy) is 1. The molecule has 1 heterocycles. The van der Waals surface area contributed by atoms with Crippen molar-refractivity contribution in [3.63, 3.8) is 0 Å². The van der Waals surface area contributed by atoms with Gasteiger partial charge >= 0.3 is 0 Å². The molecule has 102 valence electrons. The van der Waals surface area contributed by atoms with Gasteiger partial charge in [-0.1, -0.05) is 17.7 Å². The Kier molecular flexibility index (Phi) is 5.28. The molecule has 1 aromatic carbocycles. The maximum absolute atomic E-state index is 10.2. The van der Waals surface area contributed by atoms with E-state index in [-0.39, 0.29) is 6.10 Å². The van der Waals surface area contributed by atoms with Crippen molar-refractivity contribution in [1.82, 2.24) is 0 Å². The predicted octanol–water partition coefficient (Wildman–Crippen LogP) is 4.53. The standard InChI is InChI=1S/C14H14BrClO2S/c1-9(18-11-4-2-3-10(16)7-11)13(17)8-14-12(15)5-6-19-14/h2-7,9,13,17H,8H2,1H3. The van der Waals surface area contributed by atoms with Gasteiger partial charge in [0.2, 0.25) is 0 Å². The lowest BCUT2D eigenvalue weighted by molar-refractivity contribution is 0.0483. The average molecular weight is 362 g/mol. The molecule has 0 aliphatic carbocycles. The van der Waals surface area contributed by atoms with E-state index in [0.29, 0.717) is 17.2 Å². The monoisotopic (exact) mass is 360 g/mol. The first kappa shape index (κ1) is 14.9. The highest BCUT2D eigenvalue weighted by molar-refractivity contribution is 9.10. The summed E-state index contributed by atoms with van der Waals surface area (Å²) in [6.45, 7) is 1.85. The van der Waals surface area contributed by atoms with E-state index < -0.39 is 6.10 Å². The number of benzene rings is 1. The fourth-order valence-electron chi connectivity index (χ4n) is 1.66. The molecule has 0 fully saturated rings. The predicted molar refractivity (Wildman–Crippen MR) is 83.3 cm³/mol. The number of halogens is 2. The van der Waals surface area contributed by atoms with Crippen LogP contribution in [0.25, 0.3) is 0 Å². The number of aliphatic hydroxyl groups is 1. The molecule has 2 unspecified atom stereocenters. The molecule has 0 aliphatic heterocycles. The SMILES string of the molecule is CC(Oc1cccc(Cl)c1)C(O)Cc1sccc1Br. The summed E-state index contributed by atoms with van der Waals surface area (Å²) in [5.41, 5.74) is 0. The molecule has 0 amide bonds. The molecule has 2 rings (SSSR count). The van der Waals surface area contributed by atoms with E-state index in [1.807, 2.05) is 30.5 Å². The van der Waals surface area contributed by atoms with Gasteiger partial charge in [-0.2, -0.15) is 0 Å². The highest BCUT2D eigenvalue weighted by Crippen LogP contribution is 2.25. The minimum Gasteiger partial charge on any atom is -0.488 e. The topological polar surface area (TPSA) is 29.5 Å². The minimum atomic E-state index is -0.561. The van der Waals surface area contributed by atoms with Crippen LogP contribution in [0.2, 0.25) is 5.02 Å². The largest absolute Gasteiger partial charge is 0.488 e. The molecule has 2 atom stereocenters. The Morgan fingerprint density at radius 2 is 2.21 bits per heavy atom. The molecular weight excluding hydrogens is 348 g/mol. The molecule has 0 spiro atoms. The second-order valence-electron chi connectivity index (χ2n) is 4.24. The molecule has 0 bridgehead atoms. The van der Waals surface area contributed by atoms with Gasteiger partial charge < -0.3 is 9.84 Å². The zero-order chi connectivity index (χ0) is 13.8. The number of hydrogen-bond donors (Lipinski definition) is 1. The molecule has 0 saturated heterocycles. The minimum absolute atomic E-state index is 0.299. The highest BCUT2D eigenvalue weighted by Gasteiger charge is 2.18. The van der Waals surface area contributed by atoms with Crippen LogP contribution in [0, 0.1) is 0 Å². The van der Waals surface area contributed by atoms with Gasteiger partial charge in [-0.05, 0) is 52.5 Å². The van der Waals surface area contributed by atoms with Crippen molar-refractivity contribution < 1.29 is 9.84 Å². The Bertz CT molecular complexity index is 544. The normalized spacial score (nSPS) is 14.1. The van der Waals surface area contributed by atoms with E-state index in [9.17, 15) is 5.11 Å². The molecule has 0 aliphatic rings. The quantitative estimate of drug-likeness (QED) is 0.847. The van der Waals surface area contributed by atoms with E-state index in [1.54, 1.807) is 23.5 Å². The summed E-state index contributed by atoms with van der Waals surface area (Å²) < 4.78 is 6.73. The van der Waals surface area contributed by atoms with Crippen LogP contribution < -0.4 is 4.74 Å². The molecule has 19 heavy (non-hydrogen) atoms. The van der Waals surface area contributed by atoms with Crippen molar-refractivity contribution in [1.29, 1.82) is 0 Å². The van der Waals surface area contributed by atoms with Gasteiger partial charge in [0.05, 0.1) is 6.10 Å². The first-order valence-electron chi connectivity index (χ1n) is 5.88. The van der Waals surface area contributed by atoms with Gasteiger partial charge in [-0.3, -0.25) is 0 Å². The average Bonchev–Trinajstić information content (AvgIpc) is 2.75. The molecule has 2 nitrogen and oxygen atoms in total. The number of hydrogen-bond acceptors (Lipinski definition) is 3. The summed E-state index contributed by atoms with van der Waals surface area (Å²) in [4.78, 5) is 1.12. The number of rotatable bonds is 5. The van der Waals surface area contributed by atoms with Gasteiger partial charge in [0.15, 0.2) is 0 Å². The van der Waals surface area contributed by atoms with Gasteiger partial charge in [-0.25, -0.2) is 0 Å². The van der Waals surface area contributed by atoms with Crippen LogP contribution in [0.4, 0.5) is 0 Å². The van der Waals surface area contributed by atoms with Crippen molar-refractivity contribution in [2.24, 2.45) is 0 Å². The fraction of sp³-hybridized carbons (Fsp3) is 0.286. The summed E-state index contributed by atoms with van der Waals surface area (Å²) in [6.07, 6.45) is -0.290. The summed E-state index contributed by atoms with van der Waals surface area (Å²) in [7, 11) is 0. The molecule has 5 heteroatoms. The van der Waals surface area contributed by atoms with Gasteiger partial charge in [-0.15, -0.1) is 11.3 Å². The second kappa shape index (κ2) is 6.75. The van der Waals surface area contributed by atoms with Gasteiger partial charge in [0, 0.05) is 20.8 Å². The molecule has 0 saturated carbocycles. The first-order valence-corrected chi connectivity index (χ1v) is 7.93. The van der Waals surface area contributed by atoms with Crippen LogP contribution in [-0.4, -0.2) is 17.3 Å². The first-order chi connectivity index (χ1) is 9.06. The zero-order valence-corrected chi connectivity index (χ0v) is 13.5. The van der Waals surface area contributed by atoms with Crippen LogP contribution in [-0.2, 0) is 6.42 Å². The van der Waals surface area contributed by atoms with E-state index in [4.69, 9.17) is 16.3 Å². The Labute approximate surface area is 130 Å². The third-order valence-electron chi connectivity index (χ3n) is 2.75. The lowest BCUT2D eigenvalue weighted by atomic mass is 10.1. The van der Waals surface area contributed by atoms with Crippen LogP contribution in [0.5, 0.6) is 5.75 Å². The fourth-order valence-corrected chi connectivity index (χ4v) is 3.41. The Morgan fingerprint density at radius 1 is 1.42 bits per heavy atom. The van der Waals surface area contributed by atoms with E-state index >= 15 is 0 Å². The zero-order valence-electron chi connectivity index (χ0n) is 10.3. The Hall–Kier alpha value is -0.550. The van der Waals surface area contributed by atoms with E-state index in [0.717, 1.165) is 9.35 Å². The van der Waals surface area contributed by atoms with Gasteiger partial charge in [0.1, 0.15) is 11.9 Å². The van der Waals surface area contributed by atoms with E-state index in [1.165, 1.54) is 0 Å². The Balaban J connectivity index is 1.96. The summed E-state index contributed by atoms with van der Waals surface area (Å²) in [5.74, 6) is 0.671. The molecule has 1 aromatic heterocycles. The van der Waals surface area contributed by atoms with E-state index in [2.05, 4.69) is 15.9 Å². The van der Waals surface area contributed by atoms with Crippen LogP contribution in [0.3, 0.4) is 0 Å². The summed E-state index contributed by atoms with van der Waals surface area (Å²) >= 11 is 11.0. The smallest absolute Gasteiger partial charge is 0.122 e.